The Hall–Kier alpha value is -2.64. The number of hydrogen-bond acceptors (Lipinski definition) is 11. The maximum absolute atomic E-state index is 12.7. The highest BCUT2D eigenvalue weighted by atomic mass is 32.2. The van der Waals surface area contributed by atoms with Crippen LogP contribution >= 0.6 is 23.1 Å². The molecule has 4 N–H and O–H groups in total. The molecule has 1 saturated heterocycles. The third-order valence-corrected chi connectivity index (χ3v) is 6.21. The monoisotopic (exact) mass is 441 g/mol. The Balaban J connectivity index is 1.78. The number of aromatic nitrogens is 1. The van der Waals surface area contributed by atoms with Crippen LogP contribution in [0.2, 0.25) is 0 Å². The van der Waals surface area contributed by atoms with E-state index in [-0.39, 0.29) is 35.4 Å². The molecule has 0 bridgehead atoms. The van der Waals surface area contributed by atoms with Crippen molar-refractivity contribution in [3.05, 3.63) is 22.3 Å². The predicted molar refractivity (Wildman–Crippen MR) is 105 cm³/mol. The van der Waals surface area contributed by atoms with E-state index in [0.717, 1.165) is 11.3 Å². The largest absolute Gasteiger partial charge is 0.461 e. The zero-order valence-electron chi connectivity index (χ0n) is 15.6. The number of anilines is 1. The second-order valence-electron chi connectivity index (χ2n) is 5.99. The number of esters is 1. The molecule has 156 valence electrons. The number of nitrogens with zero attached hydrogens (tertiary/aromatic N) is 3. The summed E-state index contributed by atoms with van der Waals surface area (Å²) in [6, 6.07) is -0.895. The second kappa shape index (κ2) is 8.80. The molecule has 2 amide bonds. The van der Waals surface area contributed by atoms with Gasteiger partial charge in [-0.25, -0.2) is 9.78 Å². The van der Waals surface area contributed by atoms with E-state index in [9.17, 15) is 19.6 Å². The molecule has 1 aromatic heterocycles. The van der Waals surface area contributed by atoms with Gasteiger partial charge in [-0.1, -0.05) is 5.16 Å². The molecule has 1 aromatic rings. The molecular formula is C16H19N5O6S2. The van der Waals surface area contributed by atoms with E-state index in [0.29, 0.717) is 11.3 Å². The first-order chi connectivity index (χ1) is 13.9. The van der Waals surface area contributed by atoms with Crippen molar-refractivity contribution in [2.24, 2.45) is 5.16 Å². The lowest BCUT2D eigenvalue weighted by Crippen LogP contribution is -2.71. The van der Waals surface area contributed by atoms with Crippen LogP contribution in [0.3, 0.4) is 0 Å². The van der Waals surface area contributed by atoms with Crippen LogP contribution in [0.4, 0.5) is 5.13 Å². The lowest BCUT2D eigenvalue weighted by atomic mass is 10.0. The maximum Gasteiger partial charge on any atom is 0.355 e. The van der Waals surface area contributed by atoms with Gasteiger partial charge in [0.2, 0.25) is 0 Å². The molecule has 29 heavy (non-hydrogen) atoms. The molecule has 3 rings (SSSR count). The van der Waals surface area contributed by atoms with Crippen LogP contribution in [0, 0.1) is 0 Å². The zero-order chi connectivity index (χ0) is 21.1. The van der Waals surface area contributed by atoms with Crippen molar-refractivity contribution in [1.82, 2.24) is 15.2 Å². The summed E-state index contributed by atoms with van der Waals surface area (Å²) in [6.07, 6.45) is 0. The highest BCUT2D eigenvalue weighted by Crippen LogP contribution is 2.40. The predicted octanol–water partition coefficient (Wildman–Crippen LogP) is -0.233. The Labute approximate surface area is 173 Å². The molecular weight excluding hydrogens is 422 g/mol. The van der Waals surface area contributed by atoms with Gasteiger partial charge in [0.1, 0.15) is 22.8 Å². The molecule has 11 nitrogen and oxygen atoms in total. The molecule has 0 radical (unpaired) electrons. The van der Waals surface area contributed by atoms with E-state index in [1.807, 2.05) is 0 Å². The molecule has 1 fully saturated rings. The minimum atomic E-state index is -0.895. The van der Waals surface area contributed by atoms with E-state index in [4.69, 9.17) is 15.2 Å². The van der Waals surface area contributed by atoms with Crippen molar-refractivity contribution in [2.75, 3.05) is 31.8 Å². The Morgan fingerprint density at radius 2 is 2.28 bits per heavy atom. The average Bonchev–Trinajstić information content (AvgIpc) is 3.12. The van der Waals surface area contributed by atoms with Gasteiger partial charge in [-0.15, -0.1) is 23.1 Å². The zero-order valence-corrected chi connectivity index (χ0v) is 17.2. The smallest absolute Gasteiger partial charge is 0.355 e. The van der Waals surface area contributed by atoms with Gasteiger partial charge < -0.3 is 25.7 Å². The summed E-state index contributed by atoms with van der Waals surface area (Å²) in [5.74, 6) is -1.42. The third-order valence-electron chi connectivity index (χ3n) is 4.20. The number of nitrogen functional groups attached to an aromatic ring is 1. The number of thioether (sulfide) groups is 1. The first kappa shape index (κ1) is 21.1. The highest BCUT2D eigenvalue weighted by Gasteiger charge is 2.54. The fraction of sp³-hybridized carbons (Fsp3) is 0.438. The van der Waals surface area contributed by atoms with Crippen LogP contribution in [0.15, 0.2) is 21.8 Å². The van der Waals surface area contributed by atoms with Gasteiger partial charge in [-0.2, -0.15) is 0 Å². The van der Waals surface area contributed by atoms with Crippen molar-refractivity contribution >= 4 is 51.7 Å². The first-order valence-electron chi connectivity index (χ1n) is 8.49. The minimum absolute atomic E-state index is 0.0990. The van der Waals surface area contributed by atoms with Gasteiger partial charge in [0, 0.05) is 18.2 Å². The standard InChI is InChI=1S/C16H19N5O6S2/c1-3-27-15(24)11-7(4-26-2)5-28-14-10(13(23)21(11)14)19-12(22)9(20-25)8-6-29-16(17)18-8/h6,10,14,25H,3-5H2,1-2H3,(H2,17,18)(H,19,22)/b20-9-/t10?,14-/m1/s1. The van der Waals surface area contributed by atoms with Gasteiger partial charge in [0.15, 0.2) is 10.8 Å². The Morgan fingerprint density at radius 1 is 1.52 bits per heavy atom. The van der Waals surface area contributed by atoms with Crippen LogP contribution in [0.1, 0.15) is 12.6 Å². The highest BCUT2D eigenvalue weighted by molar-refractivity contribution is 8.00. The Morgan fingerprint density at radius 3 is 2.86 bits per heavy atom. The van der Waals surface area contributed by atoms with Crippen molar-refractivity contribution in [1.29, 1.82) is 0 Å². The van der Waals surface area contributed by atoms with Crippen molar-refractivity contribution in [3.8, 4) is 0 Å². The molecule has 0 aliphatic carbocycles. The van der Waals surface area contributed by atoms with Gasteiger partial charge in [0.05, 0.1) is 13.2 Å². The second-order valence-corrected chi connectivity index (χ2v) is 7.98. The summed E-state index contributed by atoms with van der Waals surface area (Å²) in [4.78, 5) is 42.8. The number of carbonyl (C=O) groups excluding carboxylic acids is 3. The molecule has 1 unspecified atom stereocenters. The number of oxime groups is 1. The van der Waals surface area contributed by atoms with Gasteiger partial charge in [0.25, 0.3) is 11.8 Å². The topological polar surface area (TPSA) is 156 Å². The molecule has 3 heterocycles. The minimum Gasteiger partial charge on any atom is -0.461 e. The summed E-state index contributed by atoms with van der Waals surface area (Å²) in [7, 11) is 1.49. The number of nitrogens with two attached hydrogens (primary N) is 1. The molecule has 0 saturated carbocycles. The average molecular weight is 441 g/mol. The van der Waals surface area contributed by atoms with Gasteiger partial charge in [-0.3, -0.25) is 14.5 Å². The summed E-state index contributed by atoms with van der Waals surface area (Å²) < 4.78 is 10.2. The number of rotatable bonds is 7. The quantitative estimate of drug-likeness (QED) is 0.171. The van der Waals surface area contributed by atoms with Gasteiger partial charge >= 0.3 is 5.97 Å². The maximum atomic E-state index is 12.7. The SMILES string of the molecule is CCOC(=O)C1=C(COC)CS[C@@H]2C(NC(=O)/C(=N\O)c3csc(N)n3)C(=O)N12. The van der Waals surface area contributed by atoms with Crippen LogP contribution in [-0.4, -0.2) is 76.1 Å². The molecule has 2 aliphatic rings. The number of hydrogen-bond donors (Lipinski definition) is 3. The lowest BCUT2D eigenvalue weighted by Gasteiger charge is -2.49. The first-order valence-corrected chi connectivity index (χ1v) is 10.4. The number of carbonyl (C=O) groups is 3. The lowest BCUT2D eigenvalue weighted by molar-refractivity contribution is -0.152. The third kappa shape index (κ3) is 3.93. The number of nitrogens with one attached hydrogen (secondary N) is 1. The number of amides is 2. The summed E-state index contributed by atoms with van der Waals surface area (Å²) >= 11 is 2.46. The summed E-state index contributed by atoms with van der Waals surface area (Å²) in [5.41, 5.74) is 6.07. The number of methoxy groups -OCH3 is 1. The van der Waals surface area contributed by atoms with Crippen LogP contribution in [0.5, 0.6) is 0 Å². The molecule has 0 aromatic carbocycles. The van der Waals surface area contributed by atoms with Crippen LogP contribution < -0.4 is 11.1 Å². The molecule has 13 heteroatoms. The van der Waals surface area contributed by atoms with Crippen molar-refractivity contribution in [2.45, 2.75) is 18.3 Å². The Bertz CT molecular complexity index is 898. The molecule has 2 aliphatic heterocycles. The number of ether oxygens (including phenoxy) is 2. The van der Waals surface area contributed by atoms with Crippen LogP contribution in [-0.2, 0) is 23.9 Å². The van der Waals surface area contributed by atoms with E-state index in [2.05, 4.69) is 15.5 Å². The number of β-lactam (4-membered cyclic amide) rings is 1. The summed E-state index contributed by atoms with van der Waals surface area (Å²) in [6.45, 7) is 2.02. The normalized spacial score (nSPS) is 21.5. The van der Waals surface area contributed by atoms with E-state index < -0.39 is 29.2 Å². The van der Waals surface area contributed by atoms with Gasteiger partial charge in [-0.05, 0) is 12.5 Å². The number of fused-ring (bicyclic) bond motifs is 1. The molecule has 2 atom stereocenters. The Kier molecular flexibility index (Phi) is 6.39. The van der Waals surface area contributed by atoms with E-state index in [1.54, 1.807) is 6.92 Å². The van der Waals surface area contributed by atoms with Crippen molar-refractivity contribution in [3.63, 3.8) is 0 Å². The van der Waals surface area contributed by atoms with Crippen molar-refractivity contribution < 1.29 is 29.1 Å². The van der Waals surface area contributed by atoms with E-state index >= 15 is 0 Å². The van der Waals surface area contributed by atoms with E-state index in [1.165, 1.54) is 29.2 Å². The molecule has 0 spiro atoms. The van der Waals surface area contributed by atoms with Crippen LogP contribution in [0.25, 0.3) is 0 Å². The fourth-order valence-corrected chi connectivity index (χ4v) is 4.85. The summed E-state index contributed by atoms with van der Waals surface area (Å²) in [5, 5.41) is 15.9. The number of thiazole rings is 1. The fourth-order valence-electron chi connectivity index (χ4n) is 2.98.